The van der Waals surface area contributed by atoms with Gasteiger partial charge in [-0.2, -0.15) is 5.26 Å². The number of benzene rings is 5. The van der Waals surface area contributed by atoms with E-state index >= 15 is 0 Å². The van der Waals surface area contributed by atoms with Crippen molar-refractivity contribution in [2.24, 2.45) is 0 Å². The molecule has 0 radical (unpaired) electrons. The van der Waals surface area contributed by atoms with Crippen LogP contribution in [-0.4, -0.2) is 0 Å². The molecule has 5 aromatic carbocycles. The SMILES string of the molecule is C[C@@H](Cc1ccc(-c2ccc(C=Cc3ccc(-c4ccc(C#N)cc4)cc3F)cc2)cc1)c1ccccc1. The van der Waals surface area contributed by atoms with Crippen LogP contribution in [0.25, 0.3) is 34.4 Å². The molecule has 1 atom stereocenters. The molecular weight excluding hydrogens is 465 g/mol. The number of nitriles is 1. The third kappa shape index (κ3) is 5.97. The van der Waals surface area contributed by atoms with Gasteiger partial charge in [0.15, 0.2) is 0 Å². The third-order valence-corrected chi connectivity index (χ3v) is 6.91. The van der Waals surface area contributed by atoms with Crippen molar-refractivity contribution in [3.63, 3.8) is 0 Å². The van der Waals surface area contributed by atoms with E-state index in [0.29, 0.717) is 17.0 Å². The first-order chi connectivity index (χ1) is 18.6. The minimum absolute atomic E-state index is 0.276. The highest BCUT2D eigenvalue weighted by Crippen LogP contribution is 2.26. The van der Waals surface area contributed by atoms with E-state index in [2.05, 4.69) is 91.9 Å². The van der Waals surface area contributed by atoms with Crippen LogP contribution < -0.4 is 0 Å². The van der Waals surface area contributed by atoms with Gasteiger partial charge in [0.2, 0.25) is 0 Å². The quantitative estimate of drug-likeness (QED) is 0.207. The third-order valence-electron chi connectivity index (χ3n) is 6.91. The van der Waals surface area contributed by atoms with Gasteiger partial charge < -0.3 is 0 Å². The second kappa shape index (κ2) is 11.5. The maximum Gasteiger partial charge on any atom is 0.131 e. The van der Waals surface area contributed by atoms with E-state index in [-0.39, 0.29) is 5.82 Å². The van der Waals surface area contributed by atoms with Crippen LogP contribution in [-0.2, 0) is 6.42 Å². The molecule has 0 saturated heterocycles. The molecule has 0 N–H and O–H groups in total. The van der Waals surface area contributed by atoms with Crippen LogP contribution in [0.5, 0.6) is 0 Å². The molecule has 0 aliphatic rings. The first-order valence-corrected chi connectivity index (χ1v) is 12.8. The molecule has 0 bridgehead atoms. The minimum atomic E-state index is -0.276. The molecule has 5 aromatic rings. The van der Waals surface area contributed by atoms with Crippen LogP contribution in [0, 0.1) is 17.1 Å². The second-order valence-electron chi connectivity index (χ2n) is 9.59. The zero-order valence-electron chi connectivity index (χ0n) is 21.3. The fourth-order valence-electron chi connectivity index (χ4n) is 4.64. The first-order valence-electron chi connectivity index (χ1n) is 12.8. The number of hydrogen-bond acceptors (Lipinski definition) is 1. The molecule has 184 valence electrons. The average molecular weight is 494 g/mol. The van der Waals surface area contributed by atoms with Crippen LogP contribution >= 0.6 is 0 Å². The smallest absolute Gasteiger partial charge is 0.131 e. The second-order valence-corrected chi connectivity index (χ2v) is 9.59. The van der Waals surface area contributed by atoms with E-state index in [0.717, 1.165) is 28.7 Å². The Balaban J connectivity index is 1.23. The van der Waals surface area contributed by atoms with Gasteiger partial charge in [0, 0.05) is 5.56 Å². The summed E-state index contributed by atoms with van der Waals surface area (Å²) in [5.41, 5.74) is 8.83. The lowest BCUT2D eigenvalue weighted by Gasteiger charge is -2.12. The largest absolute Gasteiger partial charge is 0.206 e. The summed E-state index contributed by atoms with van der Waals surface area (Å²) in [4.78, 5) is 0. The Morgan fingerprint density at radius 1 is 0.684 bits per heavy atom. The number of hydrogen-bond donors (Lipinski definition) is 0. The van der Waals surface area contributed by atoms with Crippen LogP contribution in [0.1, 0.15) is 40.7 Å². The van der Waals surface area contributed by atoms with Crippen molar-refractivity contribution in [2.45, 2.75) is 19.3 Å². The molecule has 2 heteroatoms. The molecule has 0 aliphatic heterocycles. The van der Waals surface area contributed by atoms with Gasteiger partial charge >= 0.3 is 0 Å². The van der Waals surface area contributed by atoms with Gasteiger partial charge in [-0.3, -0.25) is 0 Å². The predicted molar refractivity (Wildman–Crippen MR) is 156 cm³/mol. The van der Waals surface area contributed by atoms with Crippen molar-refractivity contribution < 1.29 is 4.39 Å². The lowest BCUT2D eigenvalue weighted by molar-refractivity contribution is 0.625. The van der Waals surface area contributed by atoms with E-state index in [1.54, 1.807) is 24.3 Å². The monoisotopic (exact) mass is 493 g/mol. The molecule has 0 unspecified atom stereocenters. The van der Waals surface area contributed by atoms with Crippen molar-refractivity contribution in [3.05, 3.63) is 155 Å². The molecule has 38 heavy (non-hydrogen) atoms. The maximum atomic E-state index is 14.8. The van der Waals surface area contributed by atoms with Crippen molar-refractivity contribution in [3.8, 4) is 28.3 Å². The fraction of sp³-hybridized carbons (Fsp3) is 0.0833. The van der Waals surface area contributed by atoms with Gasteiger partial charge in [-0.15, -0.1) is 0 Å². The summed E-state index contributed by atoms with van der Waals surface area (Å²) in [5.74, 6) is 0.200. The Morgan fingerprint density at radius 3 is 1.89 bits per heavy atom. The molecule has 0 aliphatic carbocycles. The molecule has 0 spiro atoms. The van der Waals surface area contributed by atoms with Crippen molar-refractivity contribution in [1.29, 1.82) is 5.26 Å². The molecule has 1 nitrogen and oxygen atoms in total. The lowest BCUT2D eigenvalue weighted by atomic mass is 9.93. The zero-order valence-corrected chi connectivity index (χ0v) is 21.3. The molecule has 0 saturated carbocycles. The van der Waals surface area contributed by atoms with Crippen LogP contribution in [0.3, 0.4) is 0 Å². The number of rotatable bonds is 7. The summed E-state index contributed by atoms with van der Waals surface area (Å²) in [6.45, 7) is 2.27. The van der Waals surface area contributed by atoms with E-state index in [4.69, 9.17) is 5.26 Å². The lowest BCUT2D eigenvalue weighted by Crippen LogP contribution is -1.98. The number of halogens is 1. The topological polar surface area (TPSA) is 23.8 Å². The predicted octanol–water partition coefficient (Wildman–Crippen LogP) is 9.55. The fourth-order valence-corrected chi connectivity index (χ4v) is 4.64. The summed E-state index contributed by atoms with van der Waals surface area (Å²) in [6, 6.07) is 42.2. The van der Waals surface area contributed by atoms with Gasteiger partial charge in [0.05, 0.1) is 11.6 Å². The number of nitrogens with zero attached hydrogens (tertiary/aromatic N) is 1. The summed E-state index contributed by atoms with van der Waals surface area (Å²) in [6.07, 6.45) is 4.74. The molecule has 0 aromatic heterocycles. The standard InChI is InChI=1S/C36H28FN/c1-26(30-5-3-2-4-6-30)23-28-10-16-32(17-11-28)31-14-7-27(8-15-31)9-20-34-21-22-35(24-36(34)37)33-18-12-29(25-38)13-19-33/h2-22,24,26H,23H2,1H3/t26-/m0/s1. The summed E-state index contributed by atoms with van der Waals surface area (Å²) in [5, 5.41) is 8.96. The van der Waals surface area contributed by atoms with Crippen LogP contribution in [0.4, 0.5) is 4.39 Å². The van der Waals surface area contributed by atoms with Gasteiger partial charge in [0.1, 0.15) is 5.82 Å². The van der Waals surface area contributed by atoms with Crippen LogP contribution in [0.15, 0.2) is 121 Å². The zero-order chi connectivity index (χ0) is 26.3. The Labute approximate surface area is 224 Å². The van der Waals surface area contributed by atoms with Crippen molar-refractivity contribution >= 4 is 12.2 Å². The molecule has 5 rings (SSSR count). The molecule has 0 heterocycles. The van der Waals surface area contributed by atoms with E-state index < -0.39 is 0 Å². The first kappa shape index (κ1) is 24.9. The van der Waals surface area contributed by atoms with E-state index in [1.165, 1.54) is 22.8 Å². The summed E-state index contributed by atoms with van der Waals surface area (Å²) < 4.78 is 14.8. The highest BCUT2D eigenvalue weighted by molar-refractivity contribution is 5.74. The Hall–Kier alpha value is -4.74. The highest BCUT2D eigenvalue weighted by Gasteiger charge is 2.07. The molecule has 0 fully saturated rings. The van der Waals surface area contributed by atoms with Gasteiger partial charge in [0.25, 0.3) is 0 Å². The van der Waals surface area contributed by atoms with Gasteiger partial charge in [-0.1, -0.05) is 122 Å². The van der Waals surface area contributed by atoms with Crippen molar-refractivity contribution in [1.82, 2.24) is 0 Å². The molecule has 0 amide bonds. The summed E-state index contributed by atoms with van der Waals surface area (Å²) in [7, 11) is 0. The Bertz CT molecular complexity index is 1570. The highest BCUT2D eigenvalue weighted by atomic mass is 19.1. The Kier molecular flexibility index (Phi) is 7.57. The van der Waals surface area contributed by atoms with E-state index in [9.17, 15) is 4.39 Å². The summed E-state index contributed by atoms with van der Waals surface area (Å²) >= 11 is 0. The Morgan fingerprint density at radius 2 is 1.26 bits per heavy atom. The van der Waals surface area contributed by atoms with Crippen LogP contribution in [0.2, 0.25) is 0 Å². The average Bonchev–Trinajstić information content (AvgIpc) is 2.98. The molecular formula is C36H28FN. The maximum absolute atomic E-state index is 14.8. The normalized spacial score (nSPS) is 11.8. The van der Waals surface area contributed by atoms with Crippen molar-refractivity contribution in [2.75, 3.05) is 0 Å². The van der Waals surface area contributed by atoms with Gasteiger partial charge in [-0.25, -0.2) is 4.39 Å². The van der Waals surface area contributed by atoms with Gasteiger partial charge in [-0.05, 0) is 69.5 Å². The van der Waals surface area contributed by atoms with E-state index in [1.807, 2.05) is 24.3 Å². The minimum Gasteiger partial charge on any atom is -0.206 e.